The Labute approximate surface area is 136 Å². The number of hydrogen-bond donors (Lipinski definition) is 2. The Morgan fingerprint density at radius 3 is 2.26 bits per heavy atom. The van der Waals surface area contributed by atoms with Gasteiger partial charge >= 0.3 is 0 Å². The van der Waals surface area contributed by atoms with E-state index in [0.717, 1.165) is 11.1 Å². The number of anilines is 1. The van der Waals surface area contributed by atoms with Crippen LogP contribution in [0.1, 0.15) is 45.7 Å². The van der Waals surface area contributed by atoms with Gasteiger partial charge in [-0.3, -0.25) is 9.59 Å². The Bertz CT molecular complexity index is 736. The lowest BCUT2D eigenvalue weighted by Gasteiger charge is -2.14. The number of carbonyl (C=O) groups is 2. The molecule has 0 aliphatic rings. The first-order valence-electron chi connectivity index (χ1n) is 7.67. The van der Waals surface area contributed by atoms with E-state index >= 15 is 0 Å². The van der Waals surface area contributed by atoms with E-state index in [1.54, 1.807) is 30.3 Å². The van der Waals surface area contributed by atoms with Crippen molar-refractivity contribution < 1.29 is 9.59 Å². The molecule has 0 unspecified atom stereocenters. The first-order valence-corrected chi connectivity index (χ1v) is 7.67. The van der Waals surface area contributed by atoms with Crippen LogP contribution in [-0.2, 0) is 0 Å². The largest absolute Gasteiger partial charge is 0.350 e. The molecular weight excluding hydrogens is 288 g/mol. The molecule has 120 valence electrons. The highest BCUT2D eigenvalue weighted by Gasteiger charge is 2.15. The summed E-state index contributed by atoms with van der Waals surface area (Å²) in [6, 6.07) is 12.7. The second kappa shape index (κ2) is 7.09. The lowest BCUT2D eigenvalue weighted by Crippen LogP contribution is -2.31. The molecule has 0 radical (unpaired) electrons. The van der Waals surface area contributed by atoms with Gasteiger partial charge in [-0.2, -0.15) is 0 Å². The molecule has 0 aliphatic carbocycles. The van der Waals surface area contributed by atoms with E-state index in [1.807, 2.05) is 39.8 Å². The van der Waals surface area contributed by atoms with Crippen molar-refractivity contribution in [3.8, 4) is 0 Å². The number of amides is 2. The number of carbonyl (C=O) groups excluding carboxylic acids is 2. The van der Waals surface area contributed by atoms with Crippen LogP contribution in [-0.4, -0.2) is 17.9 Å². The summed E-state index contributed by atoms with van der Waals surface area (Å²) in [7, 11) is 0. The Kier molecular flexibility index (Phi) is 5.16. The zero-order valence-corrected chi connectivity index (χ0v) is 13.9. The van der Waals surface area contributed by atoms with E-state index in [9.17, 15) is 9.59 Å². The molecule has 2 amide bonds. The van der Waals surface area contributed by atoms with Crippen molar-refractivity contribution in [3.05, 3.63) is 64.7 Å². The van der Waals surface area contributed by atoms with Gasteiger partial charge in [0.05, 0.1) is 11.3 Å². The number of rotatable bonds is 4. The SMILES string of the molecule is Cc1ccc(C(=O)Nc2ccccc2C(=O)NC(C)C)c(C)c1. The highest BCUT2D eigenvalue weighted by Crippen LogP contribution is 2.18. The lowest BCUT2D eigenvalue weighted by atomic mass is 10.0. The molecule has 0 aromatic heterocycles. The minimum absolute atomic E-state index is 0.0330. The molecule has 4 nitrogen and oxygen atoms in total. The zero-order valence-electron chi connectivity index (χ0n) is 13.9. The van der Waals surface area contributed by atoms with Crippen molar-refractivity contribution in [1.29, 1.82) is 0 Å². The quantitative estimate of drug-likeness (QED) is 0.904. The molecule has 0 saturated heterocycles. The second-order valence-electron chi connectivity index (χ2n) is 5.95. The molecule has 0 atom stereocenters. The molecule has 4 heteroatoms. The van der Waals surface area contributed by atoms with Gasteiger partial charge in [0, 0.05) is 11.6 Å². The van der Waals surface area contributed by atoms with Gasteiger partial charge in [0.2, 0.25) is 0 Å². The van der Waals surface area contributed by atoms with Gasteiger partial charge in [0.15, 0.2) is 0 Å². The van der Waals surface area contributed by atoms with Gasteiger partial charge in [-0.05, 0) is 51.5 Å². The Morgan fingerprint density at radius 1 is 0.913 bits per heavy atom. The number of aryl methyl sites for hydroxylation is 2. The van der Waals surface area contributed by atoms with Crippen LogP contribution in [0.2, 0.25) is 0 Å². The van der Waals surface area contributed by atoms with Crippen LogP contribution in [0.5, 0.6) is 0 Å². The number of para-hydroxylation sites is 1. The molecule has 2 aromatic carbocycles. The molecular formula is C19H22N2O2. The Hall–Kier alpha value is -2.62. The molecule has 0 saturated carbocycles. The van der Waals surface area contributed by atoms with Gasteiger partial charge < -0.3 is 10.6 Å². The van der Waals surface area contributed by atoms with Crippen molar-refractivity contribution in [2.75, 3.05) is 5.32 Å². The predicted octanol–water partition coefficient (Wildman–Crippen LogP) is 3.69. The Balaban J connectivity index is 2.26. The molecule has 2 rings (SSSR count). The average Bonchev–Trinajstić information content (AvgIpc) is 2.46. The summed E-state index contributed by atoms with van der Waals surface area (Å²) in [6.45, 7) is 7.68. The van der Waals surface area contributed by atoms with E-state index < -0.39 is 0 Å². The summed E-state index contributed by atoms with van der Waals surface area (Å²) in [4.78, 5) is 24.7. The van der Waals surface area contributed by atoms with Crippen molar-refractivity contribution in [3.63, 3.8) is 0 Å². The first-order chi connectivity index (χ1) is 10.9. The smallest absolute Gasteiger partial charge is 0.255 e. The fraction of sp³-hybridized carbons (Fsp3) is 0.263. The standard InChI is InChI=1S/C19H22N2O2/c1-12(2)20-19(23)16-7-5-6-8-17(16)21-18(22)15-10-9-13(3)11-14(15)4/h5-12H,1-4H3,(H,20,23)(H,21,22). The maximum atomic E-state index is 12.5. The van der Waals surface area contributed by atoms with Gasteiger partial charge in [0.1, 0.15) is 0 Å². The molecule has 0 spiro atoms. The minimum atomic E-state index is -0.215. The maximum absolute atomic E-state index is 12.5. The molecule has 0 fully saturated rings. The van der Waals surface area contributed by atoms with E-state index in [-0.39, 0.29) is 17.9 Å². The third-order valence-electron chi connectivity index (χ3n) is 3.47. The molecule has 2 aromatic rings. The van der Waals surface area contributed by atoms with Crippen LogP contribution in [0.25, 0.3) is 0 Å². The number of hydrogen-bond acceptors (Lipinski definition) is 2. The monoisotopic (exact) mass is 310 g/mol. The zero-order chi connectivity index (χ0) is 17.0. The second-order valence-corrected chi connectivity index (χ2v) is 5.95. The van der Waals surface area contributed by atoms with E-state index in [2.05, 4.69) is 10.6 Å². The molecule has 0 heterocycles. The van der Waals surface area contributed by atoms with Crippen LogP contribution in [0.3, 0.4) is 0 Å². The summed E-state index contributed by atoms with van der Waals surface area (Å²) >= 11 is 0. The van der Waals surface area contributed by atoms with Crippen LogP contribution in [0.15, 0.2) is 42.5 Å². The van der Waals surface area contributed by atoms with E-state index in [4.69, 9.17) is 0 Å². The fourth-order valence-electron chi connectivity index (χ4n) is 2.39. The summed E-state index contributed by atoms with van der Waals surface area (Å²) in [5.74, 6) is -0.413. The van der Waals surface area contributed by atoms with E-state index in [1.165, 1.54) is 0 Å². The molecule has 0 bridgehead atoms. The Morgan fingerprint density at radius 2 is 1.61 bits per heavy atom. The van der Waals surface area contributed by atoms with Gasteiger partial charge in [-0.25, -0.2) is 0 Å². The summed E-state index contributed by atoms with van der Waals surface area (Å²) < 4.78 is 0. The number of nitrogens with one attached hydrogen (secondary N) is 2. The molecule has 2 N–H and O–H groups in total. The van der Waals surface area contributed by atoms with Crippen LogP contribution in [0, 0.1) is 13.8 Å². The maximum Gasteiger partial charge on any atom is 0.255 e. The van der Waals surface area contributed by atoms with Crippen LogP contribution >= 0.6 is 0 Å². The number of benzene rings is 2. The lowest BCUT2D eigenvalue weighted by molar-refractivity contribution is 0.0944. The normalized spacial score (nSPS) is 10.5. The topological polar surface area (TPSA) is 58.2 Å². The van der Waals surface area contributed by atoms with Gasteiger partial charge in [-0.15, -0.1) is 0 Å². The average molecular weight is 310 g/mol. The minimum Gasteiger partial charge on any atom is -0.350 e. The molecule has 0 aliphatic heterocycles. The van der Waals surface area contributed by atoms with Crippen LogP contribution in [0.4, 0.5) is 5.69 Å². The highest BCUT2D eigenvalue weighted by molar-refractivity contribution is 6.09. The van der Waals surface area contributed by atoms with Crippen molar-refractivity contribution in [1.82, 2.24) is 5.32 Å². The molecule has 23 heavy (non-hydrogen) atoms. The first kappa shape index (κ1) is 16.7. The third kappa shape index (κ3) is 4.19. The highest BCUT2D eigenvalue weighted by atomic mass is 16.2. The summed E-state index contributed by atoms with van der Waals surface area (Å²) in [5, 5.41) is 5.68. The summed E-state index contributed by atoms with van der Waals surface area (Å²) in [5.41, 5.74) is 3.59. The summed E-state index contributed by atoms with van der Waals surface area (Å²) in [6.07, 6.45) is 0. The van der Waals surface area contributed by atoms with Crippen molar-refractivity contribution in [2.24, 2.45) is 0 Å². The third-order valence-corrected chi connectivity index (χ3v) is 3.47. The van der Waals surface area contributed by atoms with Gasteiger partial charge in [0.25, 0.3) is 11.8 Å². The van der Waals surface area contributed by atoms with Crippen LogP contribution < -0.4 is 10.6 Å². The van der Waals surface area contributed by atoms with Crippen molar-refractivity contribution >= 4 is 17.5 Å². The predicted molar refractivity (Wildman–Crippen MR) is 92.9 cm³/mol. The fourth-order valence-corrected chi connectivity index (χ4v) is 2.39. The van der Waals surface area contributed by atoms with E-state index in [0.29, 0.717) is 16.8 Å². The van der Waals surface area contributed by atoms with Crippen molar-refractivity contribution in [2.45, 2.75) is 33.7 Å². The van der Waals surface area contributed by atoms with Gasteiger partial charge in [-0.1, -0.05) is 29.8 Å².